The monoisotopic (exact) mass is 213 g/mol. The SMILES string of the molecule is CC(C)[P]C(C)C.s1ss1. The van der Waals surface area contributed by atoms with Crippen molar-refractivity contribution in [1.82, 2.24) is 0 Å². The largest absolute Gasteiger partial charge is 0.0752 e. The molecule has 0 bridgehead atoms. The lowest BCUT2D eigenvalue weighted by Gasteiger charge is -2.04. The third-order valence-corrected chi connectivity index (χ3v) is 3.63. The van der Waals surface area contributed by atoms with Gasteiger partial charge in [-0.05, 0) is 11.3 Å². The molecule has 0 aromatic carbocycles. The Labute approximate surface area is 75.6 Å². The van der Waals surface area contributed by atoms with Gasteiger partial charge in [-0.25, -0.2) is 0 Å². The highest BCUT2D eigenvalue weighted by Crippen LogP contribution is 2.26. The smallest absolute Gasteiger partial charge is 0 e. The molecule has 0 aliphatic rings. The summed E-state index contributed by atoms with van der Waals surface area (Å²) in [5, 5.41) is 0. The van der Waals surface area contributed by atoms with E-state index in [9.17, 15) is 0 Å². The topological polar surface area (TPSA) is 0 Å². The Balaban J connectivity index is 0.000000219. The van der Waals surface area contributed by atoms with Crippen LogP contribution in [0.4, 0.5) is 0 Å². The van der Waals surface area contributed by atoms with Crippen molar-refractivity contribution in [2.45, 2.75) is 39.0 Å². The number of rotatable bonds is 2. The predicted octanol–water partition coefficient (Wildman–Crippen LogP) is 4.62. The van der Waals surface area contributed by atoms with Crippen molar-refractivity contribution in [2.24, 2.45) is 0 Å². The molecule has 0 amide bonds. The number of hydrogen-bond donors (Lipinski definition) is 0. The van der Waals surface area contributed by atoms with Crippen LogP contribution in [-0.4, -0.2) is 11.3 Å². The van der Waals surface area contributed by atoms with Gasteiger partial charge in [-0.3, -0.25) is 0 Å². The van der Waals surface area contributed by atoms with E-state index in [-0.39, 0.29) is 0 Å². The molecule has 0 aliphatic heterocycles. The van der Waals surface area contributed by atoms with Gasteiger partial charge in [0.25, 0.3) is 0 Å². The Morgan fingerprint density at radius 3 is 1.10 bits per heavy atom. The zero-order chi connectivity index (χ0) is 7.98. The van der Waals surface area contributed by atoms with Crippen molar-refractivity contribution in [1.29, 1.82) is 0 Å². The Bertz CT molecular complexity index is 100. The summed E-state index contributed by atoms with van der Waals surface area (Å²) in [6.07, 6.45) is 0. The average Bonchev–Trinajstić information content (AvgIpc) is 2.38. The fourth-order valence-corrected chi connectivity index (χ4v) is 1.79. The summed E-state index contributed by atoms with van der Waals surface area (Å²) in [6, 6.07) is 0. The highest BCUT2D eigenvalue weighted by atomic mass is 33.7. The molecule has 0 N–H and O–H groups in total. The molecular formula is C6H14PS3. The molecule has 1 aromatic heterocycles. The summed E-state index contributed by atoms with van der Waals surface area (Å²) in [4.78, 5) is 0. The molecule has 0 nitrogen and oxygen atoms in total. The van der Waals surface area contributed by atoms with Crippen molar-refractivity contribution in [2.75, 3.05) is 0 Å². The maximum atomic E-state index is 2.25. The van der Waals surface area contributed by atoms with Gasteiger partial charge in [0, 0.05) is 28.0 Å². The van der Waals surface area contributed by atoms with E-state index in [2.05, 4.69) is 27.7 Å². The van der Waals surface area contributed by atoms with E-state index < -0.39 is 0 Å². The highest BCUT2D eigenvalue weighted by molar-refractivity contribution is 8.32. The lowest BCUT2D eigenvalue weighted by Crippen LogP contribution is -1.90. The standard InChI is InChI=1S/C6H14P.S3/c1-5(2)7-6(3)4;1-2-3-1/h5-6H,1-4H3;. The van der Waals surface area contributed by atoms with Crippen LogP contribution in [0.25, 0.3) is 0 Å². The van der Waals surface area contributed by atoms with Crippen LogP contribution in [0.2, 0.25) is 0 Å². The zero-order valence-corrected chi connectivity index (χ0v) is 10.2. The first-order valence-corrected chi connectivity index (χ1v) is 8.36. The molecule has 0 fully saturated rings. The quantitative estimate of drug-likeness (QED) is 0.496. The molecule has 1 heterocycles. The summed E-state index contributed by atoms with van der Waals surface area (Å²) in [7, 11) is 7.08. The molecule has 0 aliphatic carbocycles. The second-order valence-corrected chi connectivity index (χ2v) is 10.2. The second kappa shape index (κ2) is 6.78. The normalized spacial score (nSPS) is 10.2. The Morgan fingerprint density at radius 1 is 0.800 bits per heavy atom. The van der Waals surface area contributed by atoms with Crippen LogP contribution in [0.1, 0.15) is 27.7 Å². The molecule has 0 atom stereocenters. The maximum absolute atomic E-state index is 2.25. The molecule has 61 valence electrons. The zero-order valence-electron chi connectivity index (χ0n) is 6.83. The van der Waals surface area contributed by atoms with Crippen LogP contribution in [-0.2, 0) is 0 Å². The van der Waals surface area contributed by atoms with Gasteiger partial charge in [0.2, 0.25) is 0 Å². The Kier molecular flexibility index (Phi) is 7.52. The van der Waals surface area contributed by atoms with Gasteiger partial charge in [0.05, 0.1) is 0 Å². The molecule has 0 saturated heterocycles. The van der Waals surface area contributed by atoms with Gasteiger partial charge < -0.3 is 0 Å². The predicted molar refractivity (Wildman–Crippen MR) is 57.3 cm³/mol. The maximum Gasteiger partial charge on any atom is 0 e. The van der Waals surface area contributed by atoms with Gasteiger partial charge in [-0.2, -0.15) is 0 Å². The van der Waals surface area contributed by atoms with Gasteiger partial charge in [-0.15, -0.1) is 0 Å². The van der Waals surface area contributed by atoms with Crippen LogP contribution >= 0.6 is 36.6 Å². The van der Waals surface area contributed by atoms with Crippen molar-refractivity contribution < 1.29 is 0 Å². The van der Waals surface area contributed by atoms with Crippen molar-refractivity contribution in [3.63, 3.8) is 0 Å². The summed E-state index contributed by atoms with van der Waals surface area (Å²) in [6.45, 7) is 9.01. The molecule has 1 rings (SSSR count). The Hall–Kier alpha value is 1.09. The summed E-state index contributed by atoms with van der Waals surface area (Å²) < 4.78 is 0. The minimum absolute atomic E-state index is 0.847. The molecule has 1 radical (unpaired) electrons. The fourth-order valence-electron chi connectivity index (χ4n) is 0.596. The first-order chi connectivity index (χ1) is 4.63. The third kappa shape index (κ3) is 16.0. The number of hydrogen-bond acceptors (Lipinski definition) is 3. The van der Waals surface area contributed by atoms with E-state index in [0.717, 1.165) is 11.3 Å². The summed E-state index contributed by atoms with van der Waals surface area (Å²) >= 11 is 0. The van der Waals surface area contributed by atoms with E-state index in [0.29, 0.717) is 0 Å². The van der Waals surface area contributed by atoms with E-state index in [1.165, 1.54) is 0 Å². The van der Waals surface area contributed by atoms with E-state index in [4.69, 9.17) is 0 Å². The van der Waals surface area contributed by atoms with E-state index in [1.54, 1.807) is 8.58 Å². The fraction of sp³-hybridized carbons (Fsp3) is 1.00. The van der Waals surface area contributed by atoms with E-state index in [1.807, 2.05) is 28.0 Å². The summed E-state index contributed by atoms with van der Waals surface area (Å²) in [5.74, 6) is 0. The molecule has 0 unspecified atom stereocenters. The lowest BCUT2D eigenvalue weighted by molar-refractivity contribution is 1.03. The van der Waals surface area contributed by atoms with Gasteiger partial charge in [0.15, 0.2) is 0 Å². The van der Waals surface area contributed by atoms with Crippen LogP contribution in [0.15, 0.2) is 0 Å². The van der Waals surface area contributed by atoms with Crippen LogP contribution in [0, 0.1) is 0 Å². The van der Waals surface area contributed by atoms with Crippen molar-refractivity contribution in [3.8, 4) is 0 Å². The lowest BCUT2D eigenvalue weighted by atomic mass is 10.5. The van der Waals surface area contributed by atoms with E-state index >= 15 is 0 Å². The van der Waals surface area contributed by atoms with Crippen molar-refractivity contribution >= 4 is 36.6 Å². The first-order valence-electron chi connectivity index (χ1n) is 3.33. The van der Waals surface area contributed by atoms with Crippen molar-refractivity contribution in [3.05, 3.63) is 0 Å². The molecular weight excluding hydrogens is 199 g/mol. The van der Waals surface area contributed by atoms with Crippen LogP contribution in [0.5, 0.6) is 0 Å². The molecule has 10 heavy (non-hydrogen) atoms. The van der Waals surface area contributed by atoms with Crippen LogP contribution < -0.4 is 0 Å². The van der Waals surface area contributed by atoms with Crippen LogP contribution in [0.3, 0.4) is 0 Å². The van der Waals surface area contributed by atoms with Gasteiger partial charge >= 0.3 is 0 Å². The molecule has 1 aromatic rings. The minimum Gasteiger partial charge on any atom is -0.0752 e. The van der Waals surface area contributed by atoms with Gasteiger partial charge in [0.1, 0.15) is 0 Å². The average molecular weight is 213 g/mol. The second-order valence-electron chi connectivity index (χ2n) is 2.54. The summed E-state index contributed by atoms with van der Waals surface area (Å²) in [5.41, 5.74) is 1.69. The molecule has 4 heteroatoms. The molecule has 0 saturated carbocycles. The van der Waals surface area contributed by atoms with Gasteiger partial charge in [-0.1, -0.05) is 36.3 Å². The minimum atomic E-state index is 0.847. The Morgan fingerprint density at radius 2 is 1.10 bits per heavy atom. The highest BCUT2D eigenvalue weighted by Gasteiger charge is 1.96. The molecule has 0 spiro atoms. The first kappa shape index (κ1) is 11.1. The third-order valence-electron chi connectivity index (χ3n) is 0.664.